The molecule has 0 bridgehead atoms. The average molecular weight is 456 g/mol. The van der Waals surface area contributed by atoms with Crippen molar-refractivity contribution in [3.8, 4) is 0 Å². The van der Waals surface area contributed by atoms with E-state index >= 15 is 0 Å². The summed E-state index contributed by atoms with van der Waals surface area (Å²) in [5, 5.41) is 3.13. The lowest BCUT2D eigenvalue weighted by Gasteiger charge is -2.36. The van der Waals surface area contributed by atoms with Crippen LogP contribution in [-0.2, 0) is 20.7 Å². The molecule has 2 aromatic rings. The molecule has 1 fully saturated rings. The predicted octanol–water partition coefficient (Wildman–Crippen LogP) is 5.77. The first-order chi connectivity index (χ1) is 14.0. The van der Waals surface area contributed by atoms with Gasteiger partial charge in [-0.15, -0.1) is 0 Å². The van der Waals surface area contributed by atoms with Crippen molar-refractivity contribution in [3.63, 3.8) is 0 Å². The number of nitrogens with one attached hydrogen (secondary N) is 1. The Kier molecular flexibility index (Phi) is 7.26. The van der Waals surface area contributed by atoms with E-state index in [-0.39, 0.29) is 11.3 Å². The van der Waals surface area contributed by atoms with Crippen LogP contribution >= 0.6 is 15.9 Å². The van der Waals surface area contributed by atoms with Gasteiger partial charge in [0, 0.05) is 16.2 Å². The minimum absolute atomic E-state index is 0.0780. The van der Waals surface area contributed by atoms with E-state index in [0.29, 0.717) is 0 Å². The normalized spacial score (nSPS) is 15.8. The number of benzene rings is 2. The molecule has 1 saturated carbocycles. The third kappa shape index (κ3) is 5.80. The molecular formula is C24H26BrNO3. The Bertz CT molecular complexity index is 883. The van der Waals surface area contributed by atoms with Crippen LogP contribution in [0.2, 0.25) is 0 Å². The number of anilines is 1. The van der Waals surface area contributed by atoms with Gasteiger partial charge in [-0.05, 0) is 60.7 Å². The average Bonchev–Trinajstić information content (AvgIpc) is 2.74. The van der Waals surface area contributed by atoms with Crippen LogP contribution in [0.5, 0.6) is 0 Å². The van der Waals surface area contributed by atoms with Crippen molar-refractivity contribution in [1.82, 2.24) is 0 Å². The fourth-order valence-corrected chi connectivity index (χ4v) is 4.19. The van der Waals surface area contributed by atoms with Crippen LogP contribution in [0.1, 0.15) is 43.2 Å². The molecule has 2 aromatic carbocycles. The Morgan fingerprint density at radius 3 is 2.52 bits per heavy atom. The molecule has 29 heavy (non-hydrogen) atoms. The Morgan fingerprint density at radius 1 is 1.10 bits per heavy atom. The van der Waals surface area contributed by atoms with Gasteiger partial charge in [-0.3, -0.25) is 4.79 Å². The van der Waals surface area contributed by atoms with Crippen molar-refractivity contribution >= 4 is 39.6 Å². The summed E-state index contributed by atoms with van der Waals surface area (Å²) in [6.45, 7) is 0. The number of ether oxygens (including phenoxy) is 1. The number of hydrogen-bond donors (Lipinski definition) is 1. The number of carbonyl (C=O) groups excluding carboxylic acids is 2. The molecule has 3 rings (SSSR count). The van der Waals surface area contributed by atoms with Gasteiger partial charge in [-0.1, -0.05) is 59.5 Å². The molecule has 4 nitrogen and oxygen atoms in total. The summed E-state index contributed by atoms with van der Waals surface area (Å²) in [6.07, 6.45) is 8.93. The first-order valence-electron chi connectivity index (χ1n) is 9.93. The molecule has 1 aliphatic carbocycles. The van der Waals surface area contributed by atoms with Gasteiger partial charge in [0.25, 0.3) is 0 Å². The van der Waals surface area contributed by atoms with E-state index in [1.165, 1.54) is 25.2 Å². The van der Waals surface area contributed by atoms with Crippen molar-refractivity contribution in [2.45, 2.75) is 38.5 Å². The lowest BCUT2D eigenvalue weighted by atomic mass is 9.69. The Morgan fingerprint density at radius 2 is 1.83 bits per heavy atom. The van der Waals surface area contributed by atoms with Gasteiger partial charge >= 0.3 is 5.97 Å². The minimum atomic E-state index is -0.407. The van der Waals surface area contributed by atoms with E-state index in [9.17, 15) is 9.59 Å². The maximum Gasteiger partial charge on any atom is 0.330 e. The van der Waals surface area contributed by atoms with E-state index in [1.807, 2.05) is 36.4 Å². The second-order valence-corrected chi connectivity index (χ2v) is 8.50. The summed E-state index contributed by atoms with van der Waals surface area (Å²) >= 11 is 3.48. The first kappa shape index (κ1) is 21.3. The molecule has 0 aliphatic heterocycles. The lowest BCUT2D eigenvalue weighted by Crippen LogP contribution is -2.40. The highest BCUT2D eigenvalue weighted by Gasteiger charge is 2.39. The molecule has 5 heteroatoms. The van der Waals surface area contributed by atoms with Crippen molar-refractivity contribution in [2.75, 3.05) is 12.4 Å². The van der Waals surface area contributed by atoms with Crippen molar-refractivity contribution in [3.05, 3.63) is 70.2 Å². The molecule has 1 amide bonds. The van der Waals surface area contributed by atoms with E-state index in [2.05, 4.69) is 38.1 Å². The number of amides is 1. The van der Waals surface area contributed by atoms with Gasteiger partial charge in [0.2, 0.25) is 5.91 Å². The highest BCUT2D eigenvalue weighted by atomic mass is 79.9. The standard InChI is InChI=1S/C24H26BrNO3/c1-29-22(27)13-10-18-6-5-7-21(16-18)26-23(28)24(14-3-2-4-15-24)17-19-8-11-20(25)12-9-19/h5-13,16H,2-4,14-15,17H2,1H3,(H,26,28)/b13-10+. The molecule has 0 unspecified atom stereocenters. The molecule has 0 spiro atoms. The molecule has 0 radical (unpaired) electrons. The second-order valence-electron chi connectivity index (χ2n) is 7.58. The zero-order valence-electron chi connectivity index (χ0n) is 16.6. The molecular weight excluding hydrogens is 430 g/mol. The monoisotopic (exact) mass is 455 g/mol. The number of hydrogen-bond acceptors (Lipinski definition) is 3. The molecule has 152 valence electrons. The van der Waals surface area contributed by atoms with Gasteiger partial charge in [0.1, 0.15) is 0 Å². The summed E-state index contributed by atoms with van der Waals surface area (Å²) < 4.78 is 5.67. The Balaban J connectivity index is 1.77. The fourth-order valence-electron chi connectivity index (χ4n) is 3.92. The summed E-state index contributed by atoms with van der Waals surface area (Å²) in [5.41, 5.74) is 2.37. The second kappa shape index (κ2) is 9.88. The van der Waals surface area contributed by atoms with Crippen LogP contribution in [0.25, 0.3) is 6.08 Å². The van der Waals surface area contributed by atoms with Crippen LogP contribution in [0, 0.1) is 5.41 Å². The Labute approximate surface area is 180 Å². The van der Waals surface area contributed by atoms with Gasteiger partial charge in [-0.25, -0.2) is 4.79 Å². The van der Waals surface area contributed by atoms with Crippen molar-refractivity contribution in [1.29, 1.82) is 0 Å². The maximum absolute atomic E-state index is 13.4. The van der Waals surface area contributed by atoms with Crippen LogP contribution in [-0.4, -0.2) is 19.0 Å². The zero-order valence-corrected chi connectivity index (χ0v) is 18.2. The van der Waals surface area contributed by atoms with Gasteiger partial charge in [-0.2, -0.15) is 0 Å². The van der Waals surface area contributed by atoms with Crippen LogP contribution in [0.4, 0.5) is 5.69 Å². The van der Waals surface area contributed by atoms with Crippen molar-refractivity contribution < 1.29 is 14.3 Å². The van der Waals surface area contributed by atoms with E-state index in [1.54, 1.807) is 6.08 Å². The fraction of sp³-hybridized carbons (Fsp3) is 0.333. The van der Waals surface area contributed by atoms with Gasteiger partial charge in [0.05, 0.1) is 12.5 Å². The summed E-state index contributed by atoms with van der Waals surface area (Å²) in [6, 6.07) is 15.7. The topological polar surface area (TPSA) is 55.4 Å². The Hall–Kier alpha value is -2.40. The highest BCUT2D eigenvalue weighted by molar-refractivity contribution is 9.10. The largest absolute Gasteiger partial charge is 0.466 e. The third-order valence-corrected chi connectivity index (χ3v) is 6.03. The lowest BCUT2D eigenvalue weighted by molar-refractivity contribution is -0.134. The number of methoxy groups -OCH3 is 1. The molecule has 1 aliphatic rings. The quantitative estimate of drug-likeness (QED) is 0.444. The first-order valence-corrected chi connectivity index (χ1v) is 10.7. The molecule has 1 N–H and O–H groups in total. The van der Waals surface area contributed by atoms with Crippen LogP contribution < -0.4 is 5.32 Å². The third-order valence-electron chi connectivity index (χ3n) is 5.51. The predicted molar refractivity (Wildman–Crippen MR) is 119 cm³/mol. The maximum atomic E-state index is 13.4. The van der Waals surface area contributed by atoms with E-state index < -0.39 is 5.97 Å². The van der Waals surface area contributed by atoms with Crippen molar-refractivity contribution in [2.24, 2.45) is 5.41 Å². The summed E-state index contributed by atoms with van der Waals surface area (Å²) in [4.78, 5) is 24.7. The molecule has 0 heterocycles. The summed E-state index contributed by atoms with van der Waals surface area (Å²) in [5.74, 6) is -0.329. The molecule has 0 saturated heterocycles. The number of carbonyl (C=O) groups is 2. The SMILES string of the molecule is COC(=O)/C=C/c1cccc(NC(=O)C2(Cc3ccc(Br)cc3)CCCCC2)c1. The van der Waals surface area contributed by atoms with Gasteiger partial charge in [0.15, 0.2) is 0 Å². The van der Waals surface area contributed by atoms with E-state index in [4.69, 9.17) is 0 Å². The number of esters is 1. The minimum Gasteiger partial charge on any atom is -0.466 e. The van der Waals surface area contributed by atoms with E-state index in [0.717, 1.165) is 47.8 Å². The molecule has 0 atom stereocenters. The summed E-state index contributed by atoms with van der Waals surface area (Å²) in [7, 11) is 1.35. The number of halogens is 1. The van der Waals surface area contributed by atoms with Crippen LogP contribution in [0.3, 0.4) is 0 Å². The smallest absolute Gasteiger partial charge is 0.330 e. The van der Waals surface area contributed by atoms with Crippen LogP contribution in [0.15, 0.2) is 59.1 Å². The zero-order chi connectivity index (χ0) is 20.7. The molecule has 0 aromatic heterocycles. The highest BCUT2D eigenvalue weighted by Crippen LogP contribution is 2.40. The van der Waals surface area contributed by atoms with Gasteiger partial charge < -0.3 is 10.1 Å². The number of rotatable bonds is 6.